The SMILES string of the molecule is COC(=O)c1cccc(-c2ccc(O[C@H]3O[C@H](CO)[C@@H](O)[C@H](O)[C@H]3O)cc2)c1. The number of benzene rings is 2. The molecule has 3 rings (SSSR count). The van der Waals surface area contributed by atoms with Crippen molar-refractivity contribution < 1.29 is 39.4 Å². The van der Waals surface area contributed by atoms with E-state index < -0.39 is 43.3 Å². The quantitative estimate of drug-likeness (QED) is 0.538. The van der Waals surface area contributed by atoms with Crippen LogP contribution < -0.4 is 4.74 Å². The Morgan fingerprint density at radius 1 is 1.00 bits per heavy atom. The average molecular weight is 390 g/mol. The zero-order valence-electron chi connectivity index (χ0n) is 15.1. The Morgan fingerprint density at radius 3 is 2.36 bits per heavy atom. The lowest BCUT2D eigenvalue weighted by Gasteiger charge is -2.39. The second kappa shape index (κ2) is 8.68. The minimum atomic E-state index is -1.50. The van der Waals surface area contributed by atoms with Crippen LogP contribution in [0.15, 0.2) is 48.5 Å². The first-order chi connectivity index (χ1) is 13.4. The summed E-state index contributed by atoms with van der Waals surface area (Å²) in [7, 11) is 1.32. The fourth-order valence-corrected chi connectivity index (χ4v) is 2.97. The van der Waals surface area contributed by atoms with Crippen molar-refractivity contribution in [1.29, 1.82) is 0 Å². The number of hydrogen-bond donors (Lipinski definition) is 4. The van der Waals surface area contributed by atoms with Gasteiger partial charge in [0.1, 0.15) is 30.2 Å². The topological polar surface area (TPSA) is 126 Å². The number of hydrogen-bond acceptors (Lipinski definition) is 8. The van der Waals surface area contributed by atoms with Crippen molar-refractivity contribution in [1.82, 2.24) is 0 Å². The largest absolute Gasteiger partial charge is 0.465 e. The van der Waals surface area contributed by atoms with Crippen molar-refractivity contribution in [2.45, 2.75) is 30.7 Å². The maximum atomic E-state index is 11.7. The first-order valence-corrected chi connectivity index (χ1v) is 8.70. The summed E-state index contributed by atoms with van der Waals surface area (Å²) in [6.07, 6.45) is -6.71. The standard InChI is InChI=1S/C20H22O8/c1-26-19(25)13-4-2-3-12(9-13)11-5-7-14(8-6-11)27-20-18(24)17(23)16(22)15(10-21)28-20/h2-9,15-18,20-24H,10H2,1H3/t15-,16-,17+,18-,20+/m1/s1. The number of carbonyl (C=O) groups is 1. The summed E-state index contributed by atoms with van der Waals surface area (Å²) in [5, 5.41) is 38.9. The summed E-state index contributed by atoms with van der Waals surface area (Å²) in [6.45, 7) is -0.528. The van der Waals surface area contributed by atoms with Crippen LogP contribution in [0, 0.1) is 0 Å². The molecule has 4 N–H and O–H groups in total. The van der Waals surface area contributed by atoms with Crippen LogP contribution in [0.2, 0.25) is 0 Å². The second-order valence-electron chi connectivity index (χ2n) is 6.41. The third kappa shape index (κ3) is 4.16. The molecule has 0 spiro atoms. The normalized spacial score (nSPS) is 27.2. The van der Waals surface area contributed by atoms with Gasteiger partial charge in [0.25, 0.3) is 0 Å². The highest BCUT2D eigenvalue weighted by molar-refractivity contribution is 5.90. The van der Waals surface area contributed by atoms with Crippen molar-refractivity contribution in [2.24, 2.45) is 0 Å². The van der Waals surface area contributed by atoms with E-state index in [2.05, 4.69) is 0 Å². The maximum absolute atomic E-state index is 11.7. The summed E-state index contributed by atoms with van der Waals surface area (Å²) >= 11 is 0. The van der Waals surface area contributed by atoms with Gasteiger partial charge in [-0.2, -0.15) is 0 Å². The lowest BCUT2D eigenvalue weighted by molar-refractivity contribution is -0.277. The zero-order chi connectivity index (χ0) is 20.3. The molecule has 0 bridgehead atoms. The highest BCUT2D eigenvalue weighted by Crippen LogP contribution is 2.27. The Balaban J connectivity index is 1.74. The Kier molecular flexibility index (Phi) is 6.28. The van der Waals surface area contributed by atoms with Crippen LogP contribution in [0.1, 0.15) is 10.4 Å². The highest BCUT2D eigenvalue weighted by atomic mass is 16.7. The lowest BCUT2D eigenvalue weighted by Crippen LogP contribution is -2.60. The van der Waals surface area contributed by atoms with Gasteiger partial charge < -0.3 is 34.6 Å². The molecule has 0 radical (unpaired) electrons. The summed E-state index contributed by atoms with van der Waals surface area (Å²) in [5.41, 5.74) is 2.07. The molecule has 2 aromatic rings. The van der Waals surface area contributed by atoms with Crippen LogP contribution in [0.4, 0.5) is 0 Å². The first-order valence-electron chi connectivity index (χ1n) is 8.70. The van der Waals surface area contributed by atoms with Gasteiger partial charge in [-0.05, 0) is 35.4 Å². The second-order valence-corrected chi connectivity index (χ2v) is 6.41. The summed E-state index contributed by atoms with van der Waals surface area (Å²) in [4.78, 5) is 11.7. The van der Waals surface area contributed by atoms with E-state index in [1.165, 1.54) is 7.11 Å². The van der Waals surface area contributed by atoms with Gasteiger partial charge in [0.05, 0.1) is 19.3 Å². The van der Waals surface area contributed by atoms with Gasteiger partial charge in [-0.3, -0.25) is 0 Å². The molecule has 0 aliphatic carbocycles. The number of carbonyl (C=O) groups excluding carboxylic acids is 1. The van der Waals surface area contributed by atoms with Gasteiger partial charge in [0.15, 0.2) is 0 Å². The van der Waals surface area contributed by atoms with Crippen molar-refractivity contribution in [2.75, 3.05) is 13.7 Å². The van der Waals surface area contributed by atoms with Crippen LogP contribution in [0.25, 0.3) is 11.1 Å². The molecule has 1 saturated heterocycles. The molecule has 1 aliphatic heterocycles. The number of rotatable bonds is 5. The van der Waals surface area contributed by atoms with Gasteiger partial charge in [0, 0.05) is 0 Å². The van der Waals surface area contributed by atoms with Crippen molar-refractivity contribution in [3.8, 4) is 16.9 Å². The zero-order valence-corrected chi connectivity index (χ0v) is 15.1. The molecule has 8 nitrogen and oxygen atoms in total. The number of methoxy groups -OCH3 is 1. The summed E-state index contributed by atoms with van der Waals surface area (Å²) in [5.74, 6) is -0.0679. The number of aliphatic hydroxyl groups excluding tert-OH is 4. The van der Waals surface area contributed by atoms with Crippen molar-refractivity contribution in [3.05, 3.63) is 54.1 Å². The fourth-order valence-electron chi connectivity index (χ4n) is 2.97. The molecule has 1 heterocycles. The minimum Gasteiger partial charge on any atom is -0.465 e. The highest BCUT2D eigenvalue weighted by Gasteiger charge is 2.44. The first kappa shape index (κ1) is 20.2. The molecule has 0 saturated carbocycles. The molecular formula is C20H22O8. The molecule has 150 valence electrons. The van der Waals surface area contributed by atoms with Gasteiger partial charge in [0.2, 0.25) is 6.29 Å². The lowest BCUT2D eigenvalue weighted by atomic mass is 9.99. The van der Waals surface area contributed by atoms with Crippen LogP contribution in [-0.4, -0.2) is 70.8 Å². The predicted molar refractivity (Wildman–Crippen MR) is 97.6 cm³/mol. The van der Waals surface area contributed by atoms with Crippen LogP contribution in [-0.2, 0) is 9.47 Å². The average Bonchev–Trinajstić information content (AvgIpc) is 2.74. The van der Waals surface area contributed by atoms with E-state index in [9.17, 15) is 25.2 Å². The van der Waals surface area contributed by atoms with Crippen LogP contribution in [0.3, 0.4) is 0 Å². The van der Waals surface area contributed by atoms with Gasteiger partial charge >= 0.3 is 5.97 Å². The summed E-state index contributed by atoms with van der Waals surface area (Å²) in [6, 6.07) is 13.8. The van der Waals surface area contributed by atoms with Gasteiger partial charge in [-0.1, -0.05) is 24.3 Å². The van der Waals surface area contributed by atoms with E-state index >= 15 is 0 Å². The van der Waals surface area contributed by atoms with Crippen molar-refractivity contribution >= 4 is 5.97 Å². The molecule has 28 heavy (non-hydrogen) atoms. The Bertz CT molecular complexity index is 804. The Labute approximate surface area is 161 Å². The monoisotopic (exact) mass is 390 g/mol. The van der Waals surface area contributed by atoms with E-state index in [4.69, 9.17) is 14.2 Å². The van der Waals surface area contributed by atoms with E-state index in [0.717, 1.165) is 11.1 Å². The molecule has 0 unspecified atom stereocenters. The van der Waals surface area contributed by atoms with E-state index in [0.29, 0.717) is 11.3 Å². The maximum Gasteiger partial charge on any atom is 0.337 e. The molecule has 1 fully saturated rings. The van der Waals surface area contributed by atoms with E-state index in [-0.39, 0.29) is 0 Å². The predicted octanol–water partition coefficient (Wildman–Crippen LogP) is 0.319. The Hall–Kier alpha value is -2.49. The van der Waals surface area contributed by atoms with Crippen LogP contribution in [0.5, 0.6) is 5.75 Å². The Morgan fingerprint density at radius 2 is 1.71 bits per heavy atom. The smallest absolute Gasteiger partial charge is 0.337 e. The van der Waals surface area contributed by atoms with E-state index in [1.807, 2.05) is 6.07 Å². The number of esters is 1. The van der Waals surface area contributed by atoms with E-state index in [1.54, 1.807) is 42.5 Å². The minimum absolute atomic E-state index is 0.359. The molecule has 0 amide bonds. The molecule has 1 aliphatic rings. The van der Waals surface area contributed by atoms with Crippen LogP contribution >= 0.6 is 0 Å². The molecule has 2 aromatic carbocycles. The molecule has 0 aromatic heterocycles. The number of aliphatic hydroxyl groups is 4. The molecule has 5 atom stereocenters. The summed E-state index contributed by atoms with van der Waals surface area (Å²) < 4.78 is 15.6. The fraction of sp³-hybridized carbons (Fsp3) is 0.350. The number of ether oxygens (including phenoxy) is 3. The molecular weight excluding hydrogens is 368 g/mol. The van der Waals surface area contributed by atoms with Gasteiger partial charge in [-0.15, -0.1) is 0 Å². The van der Waals surface area contributed by atoms with Gasteiger partial charge in [-0.25, -0.2) is 4.79 Å². The van der Waals surface area contributed by atoms with Crippen molar-refractivity contribution in [3.63, 3.8) is 0 Å². The third-order valence-corrected chi connectivity index (χ3v) is 4.57. The third-order valence-electron chi connectivity index (χ3n) is 4.57. The molecule has 8 heteroatoms.